The maximum Gasteiger partial charge on any atom is 0.190 e. The van der Waals surface area contributed by atoms with E-state index in [1.54, 1.807) is 11.3 Å². The number of thiazole rings is 1. The van der Waals surface area contributed by atoms with E-state index in [9.17, 15) is 0 Å². The molecule has 0 unspecified atom stereocenters. The molecule has 3 aromatic carbocycles. The monoisotopic (exact) mass is 480 g/mol. The van der Waals surface area contributed by atoms with Crippen LogP contribution in [0, 0.1) is 13.8 Å². The Kier molecular flexibility index (Phi) is 7.29. The summed E-state index contributed by atoms with van der Waals surface area (Å²) in [5, 5.41) is 2.21. The van der Waals surface area contributed by atoms with E-state index in [4.69, 9.17) is 9.73 Å². The number of halogens is 1. The molecule has 154 valence electrons. The van der Waals surface area contributed by atoms with Crippen molar-refractivity contribution in [2.45, 2.75) is 27.3 Å². The number of rotatable bonds is 5. The maximum atomic E-state index is 5.87. The van der Waals surface area contributed by atoms with Crippen molar-refractivity contribution in [3.63, 3.8) is 0 Å². The summed E-state index contributed by atoms with van der Waals surface area (Å²) in [6.45, 7) is 7.34. The lowest BCUT2D eigenvalue weighted by molar-refractivity contribution is 0.483. The van der Waals surface area contributed by atoms with Crippen molar-refractivity contribution in [1.82, 2.24) is 4.57 Å². The van der Waals surface area contributed by atoms with Crippen LogP contribution in [0.4, 0.5) is 5.69 Å². The number of aromatic nitrogens is 1. The second-order valence-corrected chi connectivity index (χ2v) is 7.82. The fraction of sp³-hybridized carbons (Fsp3) is 0.160. The second-order valence-electron chi connectivity index (χ2n) is 6.99. The Hall–Kier alpha value is -2.63. The van der Waals surface area contributed by atoms with Crippen LogP contribution in [-0.4, -0.2) is 4.57 Å². The molecule has 30 heavy (non-hydrogen) atoms. The molecule has 0 bridgehead atoms. The summed E-state index contributed by atoms with van der Waals surface area (Å²) in [6.07, 6.45) is 0. The standard InChI is InChI=1S/C25H24N2OS.BrH/c1-4-27-24(23-16-18(2)10-11-19(23)3)17-29-25(27)26-20-12-14-22(15-13-20)28-21-8-6-5-7-9-21;/h5-17H,4H2,1-3H3;1H. The molecular formula is C25H25BrN2OS. The molecule has 5 heteroatoms. The lowest BCUT2D eigenvalue weighted by Gasteiger charge is -2.10. The molecular weight excluding hydrogens is 456 g/mol. The van der Waals surface area contributed by atoms with Crippen LogP contribution in [0.25, 0.3) is 11.3 Å². The molecule has 0 fully saturated rings. The van der Waals surface area contributed by atoms with Crippen molar-refractivity contribution in [2.24, 2.45) is 4.99 Å². The van der Waals surface area contributed by atoms with Gasteiger partial charge in [0, 0.05) is 17.5 Å². The zero-order chi connectivity index (χ0) is 20.2. The normalized spacial score (nSPS) is 11.2. The molecule has 0 aliphatic carbocycles. The molecule has 0 radical (unpaired) electrons. The summed E-state index contributed by atoms with van der Waals surface area (Å²) in [7, 11) is 0. The van der Waals surface area contributed by atoms with Crippen LogP contribution in [-0.2, 0) is 6.54 Å². The van der Waals surface area contributed by atoms with Crippen LogP contribution in [0.2, 0.25) is 0 Å². The van der Waals surface area contributed by atoms with Crippen LogP contribution in [0.5, 0.6) is 11.5 Å². The van der Waals surface area contributed by atoms with Gasteiger partial charge in [0.2, 0.25) is 0 Å². The number of hydrogen-bond donors (Lipinski definition) is 0. The third-order valence-corrected chi connectivity index (χ3v) is 5.69. The fourth-order valence-corrected chi connectivity index (χ4v) is 4.26. The van der Waals surface area contributed by atoms with Crippen LogP contribution in [0.1, 0.15) is 18.1 Å². The summed E-state index contributed by atoms with van der Waals surface area (Å²) < 4.78 is 8.15. The molecule has 0 N–H and O–H groups in total. The number of aryl methyl sites for hydroxylation is 2. The van der Waals surface area contributed by atoms with E-state index in [0.29, 0.717) is 0 Å². The number of ether oxygens (including phenoxy) is 1. The van der Waals surface area contributed by atoms with Crippen molar-refractivity contribution < 1.29 is 4.74 Å². The van der Waals surface area contributed by atoms with Gasteiger partial charge in [-0.2, -0.15) is 0 Å². The predicted molar refractivity (Wildman–Crippen MR) is 131 cm³/mol. The summed E-state index contributed by atoms with van der Waals surface area (Å²) in [6, 6.07) is 24.3. The molecule has 0 spiro atoms. The van der Waals surface area contributed by atoms with E-state index in [1.165, 1.54) is 22.4 Å². The fourth-order valence-electron chi connectivity index (χ4n) is 3.28. The molecule has 4 aromatic rings. The Balaban J connectivity index is 0.00000256. The first kappa shape index (κ1) is 22.1. The molecule has 0 amide bonds. The quantitative estimate of drug-likeness (QED) is 0.291. The van der Waals surface area contributed by atoms with Crippen molar-refractivity contribution in [1.29, 1.82) is 0 Å². The minimum atomic E-state index is 0. The highest BCUT2D eigenvalue weighted by atomic mass is 79.9. The van der Waals surface area contributed by atoms with E-state index in [-0.39, 0.29) is 17.0 Å². The van der Waals surface area contributed by atoms with Gasteiger partial charge in [-0.1, -0.05) is 35.9 Å². The molecule has 1 aromatic heterocycles. The van der Waals surface area contributed by atoms with Gasteiger partial charge < -0.3 is 9.30 Å². The summed E-state index contributed by atoms with van der Waals surface area (Å²) >= 11 is 1.68. The molecule has 0 aliphatic heterocycles. The van der Waals surface area contributed by atoms with E-state index >= 15 is 0 Å². The SMILES string of the molecule is Br.CCn1c(-c2cc(C)ccc2C)csc1=Nc1ccc(Oc2ccccc2)cc1. The van der Waals surface area contributed by atoms with Gasteiger partial charge in [0.05, 0.1) is 11.4 Å². The summed E-state index contributed by atoms with van der Waals surface area (Å²) in [4.78, 5) is 5.88. The Morgan fingerprint density at radius 2 is 1.60 bits per heavy atom. The van der Waals surface area contributed by atoms with Gasteiger partial charge in [-0.05, 0) is 68.8 Å². The van der Waals surface area contributed by atoms with Crippen molar-refractivity contribution in [3.8, 4) is 22.8 Å². The second kappa shape index (κ2) is 9.92. The largest absolute Gasteiger partial charge is 0.457 e. The summed E-state index contributed by atoms with van der Waals surface area (Å²) in [5.41, 5.74) is 5.97. The Morgan fingerprint density at radius 1 is 0.900 bits per heavy atom. The van der Waals surface area contributed by atoms with Gasteiger partial charge in [-0.15, -0.1) is 28.3 Å². The van der Waals surface area contributed by atoms with Crippen LogP contribution in [0.15, 0.2) is 83.2 Å². The van der Waals surface area contributed by atoms with Crippen LogP contribution < -0.4 is 9.54 Å². The van der Waals surface area contributed by atoms with Gasteiger partial charge in [0.25, 0.3) is 0 Å². The number of hydrogen-bond acceptors (Lipinski definition) is 3. The topological polar surface area (TPSA) is 26.5 Å². The first-order valence-corrected chi connectivity index (χ1v) is 10.7. The van der Waals surface area contributed by atoms with Crippen molar-refractivity contribution >= 4 is 34.0 Å². The van der Waals surface area contributed by atoms with Gasteiger partial charge in [-0.25, -0.2) is 4.99 Å². The van der Waals surface area contributed by atoms with E-state index in [2.05, 4.69) is 48.9 Å². The van der Waals surface area contributed by atoms with Crippen LogP contribution in [0.3, 0.4) is 0 Å². The number of benzene rings is 3. The third kappa shape index (κ3) is 4.91. The van der Waals surface area contributed by atoms with Crippen LogP contribution >= 0.6 is 28.3 Å². The smallest absolute Gasteiger partial charge is 0.190 e. The van der Waals surface area contributed by atoms with E-state index in [1.807, 2.05) is 54.6 Å². The molecule has 0 aliphatic rings. The van der Waals surface area contributed by atoms with E-state index in [0.717, 1.165) is 28.5 Å². The Morgan fingerprint density at radius 3 is 2.30 bits per heavy atom. The zero-order valence-corrected chi connectivity index (χ0v) is 19.9. The molecule has 0 saturated heterocycles. The highest BCUT2D eigenvalue weighted by molar-refractivity contribution is 8.93. The van der Waals surface area contributed by atoms with Crippen molar-refractivity contribution in [3.05, 3.63) is 94.1 Å². The third-order valence-electron chi connectivity index (χ3n) is 4.82. The number of nitrogens with zero attached hydrogens (tertiary/aromatic N) is 2. The Bertz CT molecular complexity index is 1180. The summed E-state index contributed by atoms with van der Waals surface area (Å²) in [5.74, 6) is 1.64. The minimum absolute atomic E-state index is 0. The first-order valence-electron chi connectivity index (χ1n) is 9.77. The van der Waals surface area contributed by atoms with Gasteiger partial charge in [-0.3, -0.25) is 0 Å². The highest BCUT2D eigenvalue weighted by Crippen LogP contribution is 2.26. The van der Waals surface area contributed by atoms with Crippen molar-refractivity contribution in [2.75, 3.05) is 0 Å². The van der Waals surface area contributed by atoms with E-state index < -0.39 is 0 Å². The van der Waals surface area contributed by atoms with Gasteiger partial charge >= 0.3 is 0 Å². The molecule has 1 heterocycles. The molecule has 0 atom stereocenters. The van der Waals surface area contributed by atoms with Gasteiger partial charge in [0.1, 0.15) is 11.5 Å². The average Bonchev–Trinajstić information content (AvgIpc) is 3.14. The zero-order valence-electron chi connectivity index (χ0n) is 17.3. The molecule has 3 nitrogen and oxygen atoms in total. The van der Waals surface area contributed by atoms with Gasteiger partial charge in [0.15, 0.2) is 4.80 Å². The average molecular weight is 481 g/mol. The number of para-hydroxylation sites is 1. The first-order chi connectivity index (χ1) is 14.1. The molecule has 4 rings (SSSR count). The predicted octanol–water partition coefficient (Wildman–Crippen LogP) is 7.46. The lowest BCUT2D eigenvalue weighted by atomic mass is 10.0. The Labute approximate surface area is 192 Å². The minimum Gasteiger partial charge on any atom is -0.457 e. The lowest BCUT2D eigenvalue weighted by Crippen LogP contribution is -2.14. The highest BCUT2D eigenvalue weighted by Gasteiger charge is 2.09. The molecule has 0 saturated carbocycles. The maximum absolute atomic E-state index is 5.87.